The molecule has 3 N–H and O–H groups in total. The van der Waals surface area contributed by atoms with E-state index >= 15 is 0 Å². The monoisotopic (exact) mass is 225 g/mol. The second-order valence-corrected chi connectivity index (χ2v) is 3.84. The van der Waals surface area contributed by atoms with Crippen LogP contribution in [0.5, 0.6) is 11.5 Å². The molecule has 0 aliphatic heterocycles. The maximum Gasteiger partial charge on any atom is 0.278 e. The molecule has 5 nitrogen and oxygen atoms in total. The largest absolute Gasteiger partial charge is 0.508 e. The molecule has 1 rings (SSSR count). The van der Waals surface area contributed by atoms with Gasteiger partial charge in [0.2, 0.25) is 0 Å². The number of hydroxylamine groups is 1. The normalized spacial score (nSPS) is 10.4. The fourth-order valence-electron chi connectivity index (χ4n) is 1.03. The zero-order valence-electron chi connectivity index (χ0n) is 9.23. The summed E-state index contributed by atoms with van der Waals surface area (Å²) in [6.07, 6.45) is 0. The van der Waals surface area contributed by atoms with Crippen LogP contribution in [0.3, 0.4) is 0 Å². The van der Waals surface area contributed by atoms with Crippen molar-refractivity contribution in [3.8, 4) is 11.5 Å². The van der Waals surface area contributed by atoms with Crippen molar-refractivity contribution in [3.63, 3.8) is 0 Å². The second-order valence-electron chi connectivity index (χ2n) is 3.84. The Labute approximate surface area is 93.6 Å². The van der Waals surface area contributed by atoms with Crippen LogP contribution in [0, 0.1) is 5.92 Å². The molecule has 1 amide bonds. The van der Waals surface area contributed by atoms with Crippen molar-refractivity contribution in [2.45, 2.75) is 13.8 Å². The van der Waals surface area contributed by atoms with Crippen LogP contribution in [-0.2, 0) is 4.84 Å². The topological polar surface area (TPSA) is 78.8 Å². The van der Waals surface area contributed by atoms with Gasteiger partial charge >= 0.3 is 0 Å². The van der Waals surface area contributed by atoms with Gasteiger partial charge in [-0.3, -0.25) is 9.63 Å². The number of nitrogens with one attached hydrogen (secondary N) is 1. The van der Waals surface area contributed by atoms with Gasteiger partial charge in [-0.15, -0.1) is 0 Å². The Bertz CT molecular complexity index is 376. The molecular weight excluding hydrogens is 210 g/mol. The van der Waals surface area contributed by atoms with Crippen LogP contribution in [0.2, 0.25) is 0 Å². The SMILES string of the molecule is CC(C)CONC(=O)c1cc(O)ccc1O. The summed E-state index contributed by atoms with van der Waals surface area (Å²) in [5, 5.41) is 18.6. The van der Waals surface area contributed by atoms with E-state index < -0.39 is 5.91 Å². The molecule has 0 aliphatic carbocycles. The highest BCUT2D eigenvalue weighted by Gasteiger charge is 2.12. The predicted molar refractivity (Wildman–Crippen MR) is 58.0 cm³/mol. The van der Waals surface area contributed by atoms with E-state index in [9.17, 15) is 9.90 Å². The fourth-order valence-corrected chi connectivity index (χ4v) is 1.03. The molecule has 0 radical (unpaired) electrons. The molecule has 16 heavy (non-hydrogen) atoms. The molecule has 88 valence electrons. The number of rotatable bonds is 4. The van der Waals surface area contributed by atoms with Crippen LogP contribution < -0.4 is 5.48 Å². The Morgan fingerprint density at radius 3 is 2.75 bits per heavy atom. The first-order valence-corrected chi connectivity index (χ1v) is 4.95. The Balaban J connectivity index is 2.62. The first kappa shape index (κ1) is 12.3. The number of carbonyl (C=O) groups is 1. The van der Waals surface area contributed by atoms with Crippen molar-refractivity contribution >= 4 is 5.91 Å². The minimum absolute atomic E-state index is 0.0243. The molecule has 1 aromatic carbocycles. The highest BCUT2D eigenvalue weighted by atomic mass is 16.6. The number of hydrogen-bond donors (Lipinski definition) is 3. The number of carbonyl (C=O) groups excluding carboxylic acids is 1. The summed E-state index contributed by atoms with van der Waals surface area (Å²) < 4.78 is 0. The van der Waals surface area contributed by atoms with Gasteiger partial charge in [0, 0.05) is 0 Å². The van der Waals surface area contributed by atoms with Crippen LogP contribution in [0.15, 0.2) is 18.2 Å². The lowest BCUT2D eigenvalue weighted by atomic mass is 10.2. The highest BCUT2D eigenvalue weighted by molar-refractivity contribution is 5.96. The molecule has 0 aliphatic rings. The lowest BCUT2D eigenvalue weighted by Crippen LogP contribution is -2.25. The third-order valence-corrected chi connectivity index (χ3v) is 1.81. The van der Waals surface area contributed by atoms with E-state index in [1.807, 2.05) is 13.8 Å². The van der Waals surface area contributed by atoms with Gasteiger partial charge in [-0.25, -0.2) is 5.48 Å². The third kappa shape index (κ3) is 3.43. The van der Waals surface area contributed by atoms with Crippen LogP contribution >= 0.6 is 0 Å². The summed E-state index contributed by atoms with van der Waals surface area (Å²) in [6.45, 7) is 4.27. The van der Waals surface area contributed by atoms with Gasteiger partial charge in [-0.2, -0.15) is 0 Å². The first-order valence-electron chi connectivity index (χ1n) is 4.95. The maximum absolute atomic E-state index is 11.5. The van der Waals surface area contributed by atoms with E-state index in [2.05, 4.69) is 5.48 Å². The number of hydrogen-bond acceptors (Lipinski definition) is 4. The molecule has 0 bridgehead atoms. The molecule has 0 heterocycles. The van der Waals surface area contributed by atoms with Crippen LogP contribution in [-0.4, -0.2) is 22.7 Å². The summed E-state index contributed by atoms with van der Waals surface area (Å²) in [6, 6.07) is 3.71. The zero-order valence-corrected chi connectivity index (χ0v) is 9.23. The van der Waals surface area contributed by atoms with E-state index in [1.165, 1.54) is 18.2 Å². The molecule has 0 fully saturated rings. The average Bonchev–Trinajstić information content (AvgIpc) is 2.21. The van der Waals surface area contributed by atoms with Gasteiger partial charge in [-0.1, -0.05) is 13.8 Å². The Hall–Kier alpha value is -1.75. The molecule has 0 aromatic heterocycles. The van der Waals surface area contributed by atoms with Crippen molar-refractivity contribution in [2.75, 3.05) is 6.61 Å². The van der Waals surface area contributed by atoms with Crippen LogP contribution in [0.1, 0.15) is 24.2 Å². The van der Waals surface area contributed by atoms with E-state index in [0.717, 1.165) is 0 Å². The van der Waals surface area contributed by atoms with Gasteiger partial charge in [0.25, 0.3) is 5.91 Å². The van der Waals surface area contributed by atoms with Gasteiger partial charge in [0.05, 0.1) is 12.2 Å². The highest BCUT2D eigenvalue weighted by Crippen LogP contribution is 2.21. The van der Waals surface area contributed by atoms with Crippen LogP contribution in [0.4, 0.5) is 0 Å². The molecule has 0 saturated carbocycles. The third-order valence-electron chi connectivity index (χ3n) is 1.81. The minimum Gasteiger partial charge on any atom is -0.508 e. The van der Waals surface area contributed by atoms with Crippen molar-refractivity contribution in [1.29, 1.82) is 0 Å². The first-order chi connectivity index (χ1) is 7.50. The van der Waals surface area contributed by atoms with Crippen molar-refractivity contribution in [2.24, 2.45) is 5.92 Å². The number of amides is 1. The standard InChI is InChI=1S/C11H15NO4/c1-7(2)6-16-12-11(15)9-5-8(13)3-4-10(9)14/h3-5,7,13-14H,6H2,1-2H3,(H,12,15). The number of aromatic hydroxyl groups is 2. The van der Waals surface area contributed by atoms with Gasteiger partial charge in [0.1, 0.15) is 11.5 Å². The fraction of sp³-hybridized carbons (Fsp3) is 0.364. The van der Waals surface area contributed by atoms with Crippen molar-refractivity contribution in [1.82, 2.24) is 5.48 Å². The summed E-state index contributed by atoms with van der Waals surface area (Å²) in [4.78, 5) is 16.4. The number of phenols is 2. The molecule has 1 aromatic rings. The molecular formula is C11H15NO4. The number of benzene rings is 1. The number of phenolic OH excluding ortho intramolecular Hbond substituents is 2. The van der Waals surface area contributed by atoms with E-state index in [0.29, 0.717) is 6.61 Å². The Morgan fingerprint density at radius 2 is 2.12 bits per heavy atom. The molecule has 0 saturated heterocycles. The van der Waals surface area contributed by atoms with Crippen LogP contribution in [0.25, 0.3) is 0 Å². The molecule has 0 spiro atoms. The maximum atomic E-state index is 11.5. The minimum atomic E-state index is -0.589. The van der Waals surface area contributed by atoms with E-state index in [-0.39, 0.29) is 23.0 Å². The Morgan fingerprint density at radius 1 is 1.44 bits per heavy atom. The molecule has 5 heteroatoms. The van der Waals surface area contributed by atoms with E-state index in [4.69, 9.17) is 9.94 Å². The van der Waals surface area contributed by atoms with Gasteiger partial charge < -0.3 is 10.2 Å². The van der Waals surface area contributed by atoms with Gasteiger partial charge in [-0.05, 0) is 24.1 Å². The van der Waals surface area contributed by atoms with Crippen molar-refractivity contribution in [3.05, 3.63) is 23.8 Å². The molecule has 0 unspecified atom stereocenters. The molecule has 0 atom stereocenters. The Kier molecular flexibility index (Phi) is 4.13. The predicted octanol–water partition coefficient (Wildman–Crippen LogP) is 1.42. The lowest BCUT2D eigenvalue weighted by molar-refractivity contribution is 0.0206. The summed E-state index contributed by atoms with van der Waals surface area (Å²) in [5.74, 6) is -0.595. The quantitative estimate of drug-likeness (QED) is 0.534. The average molecular weight is 225 g/mol. The summed E-state index contributed by atoms with van der Waals surface area (Å²) in [7, 11) is 0. The van der Waals surface area contributed by atoms with Gasteiger partial charge in [0.15, 0.2) is 0 Å². The summed E-state index contributed by atoms with van der Waals surface area (Å²) >= 11 is 0. The second kappa shape index (κ2) is 5.37. The van der Waals surface area contributed by atoms with Crippen molar-refractivity contribution < 1.29 is 19.8 Å². The van der Waals surface area contributed by atoms with E-state index in [1.54, 1.807) is 0 Å². The smallest absolute Gasteiger partial charge is 0.278 e. The summed E-state index contributed by atoms with van der Waals surface area (Å²) in [5.41, 5.74) is 2.16. The lowest BCUT2D eigenvalue weighted by Gasteiger charge is -2.08. The zero-order chi connectivity index (χ0) is 12.1.